The third-order valence-corrected chi connectivity index (χ3v) is 4.90. The van der Waals surface area contributed by atoms with E-state index < -0.39 is 17.7 Å². The number of benzene rings is 1. The SMILES string of the molecule is O=C(O)c1ccc(C(=O)Nc2ccc(OC3CCCC3)c(F)c2)s1. The van der Waals surface area contributed by atoms with Gasteiger partial charge in [0.05, 0.1) is 11.0 Å². The Balaban J connectivity index is 1.67. The third kappa shape index (κ3) is 3.73. The van der Waals surface area contributed by atoms with Crippen LogP contribution in [0.5, 0.6) is 5.75 Å². The first-order valence-corrected chi connectivity index (χ1v) is 8.45. The van der Waals surface area contributed by atoms with Crippen LogP contribution in [0.1, 0.15) is 45.0 Å². The number of amides is 1. The number of carbonyl (C=O) groups excluding carboxylic acids is 1. The Kier molecular flexibility index (Phi) is 4.80. The largest absolute Gasteiger partial charge is 0.487 e. The van der Waals surface area contributed by atoms with Gasteiger partial charge >= 0.3 is 5.97 Å². The van der Waals surface area contributed by atoms with E-state index in [1.807, 2.05) is 0 Å². The van der Waals surface area contributed by atoms with E-state index in [2.05, 4.69) is 5.32 Å². The fourth-order valence-electron chi connectivity index (χ4n) is 2.63. The maximum absolute atomic E-state index is 14.1. The molecule has 1 aromatic heterocycles. The number of halogens is 1. The normalized spacial score (nSPS) is 14.5. The molecule has 24 heavy (non-hydrogen) atoms. The van der Waals surface area contributed by atoms with Gasteiger partial charge < -0.3 is 15.2 Å². The van der Waals surface area contributed by atoms with Gasteiger partial charge in [-0.25, -0.2) is 9.18 Å². The molecule has 5 nitrogen and oxygen atoms in total. The van der Waals surface area contributed by atoms with Crippen molar-refractivity contribution in [1.82, 2.24) is 0 Å². The molecule has 1 saturated carbocycles. The van der Waals surface area contributed by atoms with Crippen LogP contribution < -0.4 is 10.1 Å². The second-order valence-electron chi connectivity index (χ2n) is 5.59. The zero-order chi connectivity index (χ0) is 17.1. The van der Waals surface area contributed by atoms with Crippen molar-refractivity contribution in [3.05, 3.63) is 45.9 Å². The van der Waals surface area contributed by atoms with Crippen molar-refractivity contribution in [2.24, 2.45) is 0 Å². The van der Waals surface area contributed by atoms with Crippen LogP contribution >= 0.6 is 11.3 Å². The standard InChI is InChI=1S/C17H16FNO4S/c18-12-9-10(5-6-13(12)23-11-3-1-2-4-11)19-16(20)14-7-8-15(24-14)17(21)22/h5-9,11H,1-4H2,(H,19,20)(H,21,22). The van der Waals surface area contributed by atoms with E-state index in [-0.39, 0.29) is 21.6 Å². The predicted molar refractivity (Wildman–Crippen MR) is 88.5 cm³/mol. The molecule has 7 heteroatoms. The number of hydrogen-bond acceptors (Lipinski definition) is 4. The highest BCUT2D eigenvalue weighted by molar-refractivity contribution is 7.15. The molecule has 2 N–H and O–H groups in total. The summed E-state index contributed by atoms with van der Waals surface area (Å²) in [6, 6.07) is 7.06. The van der Waals surface area contributed by atoms with Crippen LogP contribution in [0, 0.1) is 5.82 Å². The zero-order valence-electron chi connectivity index (χ0n) is 12.8. The number of nitrogens with one attached hydrogen (secondary N) is 1. The summed E-state index contributed by atoms with van der Waals surface area (Å²) in [5, 5.41) is 11.4. The van der Waals surface area contributed by atoms with E-state index in [0.29, 0.717) is 5.69 Å². The molecule has 0 aliphatic heterocycles. The van der Waals surface area contributed by atoms with E-state index in [0.717, 1.165) is 37.0 Å². The molecule has 126 valence electrons. The first-order valence-electron chi connectivity index (χ1n) is 7.63. The Morgan fingerprint density at radius 1 is 1.17 bits per heavy atom. The molecule has 0 spiro atoms. The third-order valence-electron chi connectivity index (χ3n) is 3.83. The summed E-state index contributed by atoms with van der Waals surface area (Å²) in [5.74, 6) is -1.91. The Morgan fingerprint density at radius 3 is 2.50 bits per heavy atom. The number of carboxylic acid groups (broad SMARTS) is 1. The molecule has 1 amide bonds. The number of thiophene rings is 1. The van der Waals surface area contributed by atoms with Crippen molar-refractivity contribution in [2.75, 3.05) is 5.32 Å². The summed E-state index contributed by atoms with van der Waals surface area (Å²) in [7, 11) is 0. The van der Waals surface area contributed by atoms with E-state index in [1.54, 1.807) is 6.07 Å². The van der Waals surface area contributed by atoms with Gasteiger partial charge in [0.1, 0.15) is 4.88 Å². The molecule has 1 aliphatic carbocycles. The summed E-state index contributed by atoms with van der Waals surface area (Å²) in [6.07, 6.45) is 4.12. The summed E-state index contributed by atoms with van der Waals surface area (Å²) < 4.78 is 19.7. The second-order valence-corrected chi connectivity index (χ2v) is 6.68. The van der Waals surface area contributed by atoms with Crippen molar-refractivity contribution in [3.8, 4) is 5.75 Å². The van der Waals surface area contributed by atoms with Gasteiger partial charge in [-0.2, -0.15) is 0 Å². The van der Waals surface area contributed by atoms with Gasteiger partial charge in [-0.15, -0.1) is 11.3 Å². The average molecular weight is 349 g/mol. The van der Waals surface area contributed by atoms with Crippen molar-refractivity contribution in [2.45, 2.75) is 31.8 Å². The van der Waals surface area contributed by atoms with E-state index in [1.165, 1.54) is 24.3 Å². The lowest BCUT2D eigenvalue weighted by atomic mass is 10.2. The number of hydrogen-bond donors (Lipinski definition) is 2. The summed E-state index contributed by atoms with van der Waals surface area (Å²) in [5.41, 5.74) is 0.293. The zero-order valence-corrected chi connectivity index (χ0v) is 13.6. The monoisotopic (exact) mass is 349 g/mol. The maximum Gasteiger partial charge on any atom is 0.345 e. The molecule has 1 fully saturated rings. The molecule has 1 aliphatic rings. The molecule has 3 rings (SSSR count). The summed E-state index contributed by atoms with van der Waals surface area (Å²) in [6.45, 7) is 0. The Labute approximate surface area is 142 Å². The predicted octanol–water partition coefficient (Wildman–Crippen LogP) is 4.16. The molecular formula is C17H16FNO4S. The van der Waals surface area contributed by atoms with Gasteiger partial charge in [-0.3, -0.25) is 4.79 Å². The Morgan fingerprint density at radius 2 is 1.88 bits per heavy atom. The Hall–Kier alpha value is -2.41. The smallest absolute Gasteiger partial charge is 0.345 e. The van der Waals surface area contributed by atoms with Gasteiger partial charge in [-0.1, -0.05) is 0 Å². The molecule has 1 heterocycles. The lowest BCUT2D eigenvalue weighted by molar-refractivity contribution is 0.0702. The average Bonchev–Trinajstić information content (AvgIpc) is 3.21. The van der Waals surface area contributed by atoms with Gasteiger partial charge in [0.15, 0.2) is 11.6 Å². The van der Waals surface area contributed by atoms with Crippen molar-refractivity contribution >= 4 is 28.9 Å². The number of anilines is 1. The van der Waals surface area contributed by atoms with Gasteiger partial charge in [0.25, 0.3) is 5.91 Å². The highest BCUT2D eigenvalue weighted by atomic mass is 32.1. The van der Waals surface area contributed by atoms with Crippen molar-refractivity contribution in [3.63, 3.8) is 0 Å². The highest BCUT2D eigenvalue weighted by Gasteiger charge is 2.19. The van der Waals surface area contributed by atoms with E-state index in [9.17, 15) is 14.0 Å². The maximum atomic E-state index is 14.1. The highest BCUT2D eigenvalue weighted by Crippen LogP contribution is 2.28. The number of carboxylic acids is 1. The summed E-state index contributed by atoms with van der Waals surface area (Å²) >= 11 is 0.867. The second kappa shape index (κ2) is 7.00. The molecule has 1 aromatic carbocycles. The molecule has 0 bridgehead atoms. The van der Waals surface area contributed by atoms with Gasteiger partial charge in [0.2, 0.25) is 0 Å². The van der Waals surface area contributed by atoms with Crippen LogP contribution in [-0.4, -0.2) is 23.1 Å². The lowest BCUT2D eigenvalue weighted by Crippen LogP contribution is -2.13. The first-order chi connectivity index (χ1) is 11.5. The molecular weight excluding hydrogens is 333 g/mol. The van der Waals surface area contributed by atoms with Crippen molar-refractivity contribution < 1.29 is 23.8 Å². The van der Waals surface area contributed by atoms with Crippen LogP contribution in [0.25, 0.3) is 0 Å². The fourth-order valence-corrected chi connectivity index (χ4v) is 3.37. The van der Waals surface area contributed by atoms with Gasteiger partial charge in [-0.05, 0) is 49.9 Å². The molecule has 0 saturated heterocycles. The minimum atomic E-state index is -1.08. The molecule has 0 radical (unpaired) electrons. The van der Waals surface area contributed by atoms with E-state index >= 15 is 0 Å². The van der Waals surface area contributed by atoms with Crippen LogP contribution in [0.3, 0.4) is 0 Å². The number of aromatic carboxylic acids is 1. The summed E-state index contributed by atoms with van der Waals surface area (Å²) in [4.78, 5) is 23.2. The molecule has 0 unspecified atom stereocenters. The minimum absolute atomic E-state index is 0.0560. The quantitative estimate of drug-likeness (QED) is 0.850. The van der Waals surface area contributed by atoms with Crippen LogP contribution in [0.4, 0.5) is 10.1 Å². The van der Waals surface area contributed by atoms with Crippen LogP contribution in [-0.2, 0) is 0 Å². The molecule has 0 atom stereocenters. The van der Waals surface area contributed by atoms with Crippen LogP contribution in [0.15, 0.2) is 30.3 Å². The topological polar surface area (TPSA) is 75.6 Å². The van der Waals surface area contributed by atoms with Gasteiger partial charge in [0, 0.05) is 11.8 Å². The van der Waals surface area contributed by atoms with E-state index in [4.69, 9.17) is 9.84 Å². The van der Waals surface area contributed by atoms with Crippen molar-refractivity contribution in [1.29, 1.82) is 0 Å². The minimum Gasteiger partial charge on any atom is -0.487 e. The lowest BCUT2D eigenvalue weighted by Gasteiger charge is -2.14. The fraction of sp³-hybridized carbons (Fsp3) is 0.294. The molecule has 2 aromatic rings. The van der Waals surface area contributed by atoms with Crippen LogP contribution in [0.2, 0.25) is 0 Å². The number of rotatable bonds is 5. The Bertz CT molecular complexity index is 768. The number of ether oxygens (including phenoxy) is 1. The number of carbonyl (C=O) groups is 2. The first kappa shape index (κ1) is 16.4.